The molecular weight excluding hydrogens is 218 g/mol. The van der Waals surface area contributed by atoms with E-state index in [1.54, 1.807) is 7.11 Å². The summed E-state index contributed by atoms with van der Waals surface area (Å²) >= 11 is 0. The fourth-order valence-electron chi connectivity index (χ4n) is 2.67. The number of carbonyl (C=O) groups is 1. The van der Waals surface area contributed by atoms with Gasteiger partial charge in [-0.3, -0.25) is 0 Å². The summed E-state index contributed by atoms with van der Waals surface area (Å²) in [6.45, 7) is 0. The van der Waals surface area contributed by atoms with E-state index < -0.39 is 12.0 Å². The van der Waals surface area contributed by atoms with Crippen LogP contribution >= 0.6 is 0 Å². The van der Waals surface area contributed by atoms with Crippen molar-refractivity contribution in [3.8, 4) is 5.75 Å². The molecule has 1 aliphatic rings. The van der Waals surface area contributed by atoms with Gasteiger partial charge in [-0.05, 0) is 25.0 Å². The molecule has 0 spiro atoms. The molecule has 1 aromatic heterocycles. The Morgan fingerprint density at radius 1 is 1.53 bits per heavy atom. The van der Waals surface area contributed by atoms with Gasteiger partial charge in [-0.2, -0.15) is 0 Å². The fraction of sp³-hybridized carbons (Fsp3) is 0.308. The largest absolute Gasteiger partial charge is 0.495 e. The molecule has 88 valence electrons. The standard InChI is InChI=1S/C13H13NO3/c1-17-11-4-2-3-8-7-9-5-6-10(13(15)16)14(9)12(8)11/h2-4,7,10H,5-6H2,1H3,(H,15,16). The van der Waals surface area contributed by atoms with Crippen molar-refractivity contribution in [1.29, 1.82) is 0 Å². The van der Waals surface area contributed by atoms with E-state index in [9.17, 15) is 9.90 Å². The molecular formula is C13H13NO3. The minimum Gasteiger partial charge on any atom is -0.495 e. The zero-order chi connectivity index (χ0) is 12.0. The Balaban J connectivity index is 2.32. The molecule has 4 nitrogen and oxygen atoms in total. The predicted octanol–water partition coefficient (Wildman–Crippen LogP) is 2.22. The van der Waals surface area contributed by atoms with Gasteiger partial charge in [0.1, 0.15) is 11.8 Å². The van der Waals surface area contributed by atoms with Crippen molar-refractivity contribution in [3.05, 3.63) is 30.0 Å². The minimum absolute atomic E-state index is 0.459. The normalized spacial score (nSPS) is 18.3. The lowest BCUT2D eigenvalue weighted by molar-refractivity contribution is -0.140. The summed E-state index contributed by atoms with van der Waals surface area (Å²) in [4.78, 5) is 11.2. The van der Waals surface area contributed by atoms with Gasteiger partial charge in [0, 0.05) is 11.1 Å². The maximum atomic E-state index is 11.2. The number of nitrogens with zero attached hydrogens (tertiary/aromatic N) is 1. The number of hydrogen-bond acceptors (Lipinski definition) is 2. The van der Waals surface area contributed by atoms with Crippen molar-refractivity contribution in [1.82, 2.24) is 4.57 Å². The van der Waals surface area contributed by atoms with Gasteiger partial charge in [0.15, 0.2) is 0 Å². The van der Waals surface area contributed by atoms with Crippen molar-refractivity contribution >= 4 is 16.9 Å². The maximum absolute atomic E-state index is 11.2. The van der Waals surface area contributed by atoms with Crippen molar-refractivity contribution in [3.63, 3.8) is 0 Å². The van der Waals surface area contributed by atoms with Crippen LogP contribution in [0.3, 0.4) is 0 Å². The van der Waals surface area contributed by atoms with Crippen LogP contribution in [0.25, 0.3) is 10.9 Å². The lowest BCUT2D eigenvalue weighted by Gasteiger charge is -2.12. The van der Waals surface area contributed by atoms with Crippen molar-refractivity contribution < 1.29 is 14.6 Å². The number of ether oxygens (including phenoxy) is 1. The molecule has 2 aromatic rings. The zero-order valence-corrected chi connectivity index (χ0v) is 9.51. The summed E-state index contributed by atoms with van der Waals surface area (Å²) in [6.07, 6.45) is 1.48. The van der Waals surface area contributed by atoms with Crippen LogP contribution in [-0.2, 0) is 11.2 Å². The number of benzene rings is 1. The van der Waals surface area contributed by atoms with E-state index in [4.69, 9.17) is 4.74 Å². The highest BCUT2D eigenvalue weighted by Gasteiger charge is 2.30. The Bertz CT molecular complexity index is 600. The van der Waals surface area contributed by atoms with Gasteiger partial charge in [0.25, 0.3) is 0 Å². The lowest BCUT2D eigenvalue weighted by Crippen LogP contribution is -2.14. The van der Waals surface area contributed by atoms with Crippen LogP contribution in [0.2, 0.25) is 0 Å². The molecule has 0 saturated carbocycles. The molecule has 1 aliphatic heterocycles. The Kier molecular flexibility index (Phi) is 2.11. The van der Waals surface area contributed by atoms with Crippen LogP contribution < -0.4 is 4.74 Å². The summed E-state index contributed by atoms with van der Waals surface area (Å²) in [5, 5.41) is 10.3. The summed E-state index contributed by atoms with van der Waals surface area (Å²) in [5.41, 5.74) is 1.98. The molecule has 1 aromatic carbocycles. The van der Waals surface area contributed by atoms with Crippen molar-refractivity contribution in [2.75, 3.05) is 7.11 Å². The van der Waals surface area contributed by atoms with E-state index >= 15 is 0 Å². The summed E-state index contributed by atoms with van der Waals surface area (Å²) in [5.74, 6) is -0.0333. The van der Waals surface area contributed by atoms with Crippen LogP contribution in [0.4, 0.5) is 0 Å². The number of methoxy groups -OCH3 is 1. The molecule has 17 heavy (non-hydrogen) atoms. The fourth-order valence-corrected chi connectivity index (χ4v) is 2.67. The van der Waals surface area contributed by atoms with Gasteiger partial charge in [-0.1, -0.05) is 12.1 Å². The van der Waals surface area contributed by atoms with Crippen molar-refractivity contribution in [2.45, 2.75) is 18.9 Å². The number of aliphatic carboxylic acids is 1. The van der Waals surface area contributed by atoms with E-state index in [-0.39, 0.29) is 0 Å². The predicted molar refractivity (Wildman–Crippen MR) is 63.5 cm³/mol. The third-order valence-corrected chi connectivity index (χ3v) is 3.39. The van der Waals surface area contributed by atoms with Gasteiger partial charge >= 0.3 is 5.97 Å². The molecule has 2 heterocycles. The number of para-hydroxylation sites is 1. The number of fused-ring (bicyclic) bond motifs is 3. The first-order chi connectivity index (χ1) is 8.22. The van der Waals surface area contributed by atoms with Crippen LogP contribution in [0, 0.1) is 0 Å². The molecule has 1 unspecified atom stereocenters. The zero-order valence-electron chi connectivity index (χ0n) is 9.51. The van der Waals surface area contributed by atoms with Crippen LogP contribution in [-0.4, -0.2) is 22.8 Å². The summed E-state index contributed by atoms with van der Waals surface area (Å²) in [6, 6.07) is 7.38. The molecule has 3 rings (SSSR count). The van der Waals surface area contributed by atoms with Crippen LogP contribution in [0.5, 0.6) is 5.75 Å². The Labute approximate surface area is 98.4 Å². The highest BCUT2D eigenvalue weighted by Crippen LogP contribution is 2.37. The first kappa shape index (κ1) is 10.2. The number of carboxylic acids is 1. The summed E-state index contributed by atoms with van der Waals surface area (Å²) < 4.78 is 7.22. The number of rotatable bonds is 2. The smallest absolute Gasteiger partial charge is 0.326 e. The Hall–Kier alpha value is -1.97. The van der Waals surface area contributed by atoms with Crippen LogP contribution in [0.1, 0.15) is 18.2 Å². The Morgan fingerprint density at radius 2 is 2.35 bits per heavy atom. The average molecular weight is 231 g/mol. The third kappa shape index (κ3) is 1.33. The first-order valence-electron chi connectivity index (χ1n) is 5.62. The quantitative estimate of drug-likeness (QED) is 0.862. The second kappa shape index (κ2) is 3.52. The van der Waals surface area contributed by atoms with Crippen LogP contribution in [0.15, 0.2) is 24.3 Å². The average Bonchev–Trinajstić information content (AvgIpc) is 2.85. The second-order valence-electron chi connectivity index (χ2n) is 4.30. The van der Waals surface area contributed by atoms with Gasteiger partial charge < -0.3 is 14.4 Å². The van der Waals surface area contributed by atoms with E-state index in [1.165, 1.54) is 0 Å². The van der Waals surface area contributed by atoms with Gasteiger partial charge in [-0.15, -0.1) is 0 Å². The molecule has 0 fully saturated rings. The first-order valence-corrected chi connectivity index (χ1v) is 5.62. The molecule has 4 heteroatoms. The monoisotopic (exact) mass is 231 g/mol. The Morgan fingerprint density at radius 3 is 3.06 bits per heavy atom. The lowest BCUT2D eigenvalue weighted by atomic mass is 10.1. The molecule has 1 atom stereocenters. The second-order valence-corrected chi connectivity index (χ2v) is 4.30. The summed E-state index contributed by atoms with van der Waals surface area (Å²) in [7, 11) is 1.61. The van der Waals surface area contributed by atoms with Gasteiger partial charge in [0.05, 0.1) is 12.6 Å². The molecule has 0 amide bonds. The van der Waals surface area contributed by atoms with E-state index in [0.717, 1.165) is 28.8 Å². The number of carboxylic acid groups (broad SMARTS) is 1. The third-order valence-electron chi connectivity index (χ3n) is 3.39. The van der Waals surface area contributed by atoms with Gasteiger partial charge in [-0.25, -0.2) is 4.79 Å². The van der Waals surface area contributed by atoms with E-state index in [0.29, 0.717) is 6.42 Å². The topological polar surface area (TPSA) is 51.5 Å². The molecule has 0 radical (unpaired) electrons. The molecule has 1 N–H and O–H groups in total. The SMILES string of the molecule is COc1cccc2cc3n(c12)C(C(=O)O)CC3. The number of aromatic nitrogens is 1. The number of hydrogen-bond donors (Lipinski definition) is 1. The minimum atomic E-state index is -0.771. The molecule has 0 bridgehead atoms. The number of aryl methyl sites for hydroxylation is 1. The highest BCUT2D eigenvalue weighted by molar-refractivity contribution is 5.89. The molecule has 0 aliphatic carbocycles. The maximum Gasteiger partial charge on any atom is 0.326 e. The molecule has 0 saturated heterocycles. The van der Waals surface area contributed by atoms with E-state index in [2.05, 4.69) is 6.07 Å². The van der Waals surface area contributed by atoms with E-state index in [1.807, 2.05) is 22.8 Å². The highest BCUT2D eigenvalue weighted by atomic mass is 16.5. The van der Waals surface area contributed by atoms with Crippen molar-refractivity contribution in [2.24, 2.45) is 0 Å². The van der Waals surface area contributed by atoms with Gasteiger partial charge in [0.2, 0.25) is 0 Å².